The fourth-order valence-corrected chi connectivity index (χ4v) is 8.31. The third kappa shape index (κ3) is 7.49. The number of nitrogens with zero attached hydrogens (tertiary/aromatic N) is 7. The highest BCUT2D eigenvalue weighted by Gasteiger charge is 2.50. The van der Waals surface area contributed by atoms with E-state index in [1.165, 1.54) is 23.5 Å². The summed E-state index contributed by atoms with van der Waals surface area (Å²) < 4.78 is 57.6. The summed E-state index contributed by atoms with van der Waals surface area (Å²) in [5.41, 5.74) is 8.21. The van der Waals surface area contributed by atoms with Gasteiger partial charge in [-0.15, -0.1) is 0 Å². The van der Waals surface area contributed by atoms with Gasteiger partial charge in [0.15, 0.2) is 23.2 Å². The van der Waals surface area contributed by atoms with Crippen LogP contribution in [-0.4, -0.2) is 101 Å². The summed E-state index contributed by atoms with van der Waals surface area (Å²) in [4.78, 5) is 31.4. The van der Waals surface area contributed by atoms with E-state index in [1.54, 1.807) is 0 Å². The molecule has 0 amide bonds. The second kappa shape index (κ2) is 14.3. The Labute approximate surface area is 290 Å². The molecule has 0 saturated carbocycles. The van der Waals surface area contributed by atoms with Crippen LogP contribution in [0.3, 0.4) is 0 Å². The van der Waals surface area contributed by atoms with Crippen LogP contribution in [0.25, 0.3) is 22.2 Å². The highest BCUT2D eigenvalue weighted by Crippen LogP contribution is 2.57. The first kappa shape index (κ1) is 35.0. The molecule has 4 aromatic heterocycles. The molecule has 4 aromatic rings. The summed E-state index contributed by atoms with van der Waals surface area (Å²) in [6.07, 6.45) is 3.38. The van der Waals surface area contributed by atoms with Gasteiger partial charge in [-0.05, 0) is 31.2 Å². The van der Waals surface area contributed by atoms with Crippen molar-refractivity contribution in [2.24, 2.45) is 5.73 Å². The molecule has 0 spiro atoms. The Balaban J connectivity index is 1.06. The molecular formula is C26H36N10O9P2S2. The number of rotatable bonds is 13. The van der Waals surface area contributed by atoms with Crippen LogP contribution in [-0.2, 0) is 38.6 Å². The Morgan fingerprint density at radius 2 is 1.88 bits per heavy atom. The second-order valence-electron chi connectivity index (χ2n) is 11.7. The van der Waals surface area contributed by atoms with Gasteiger partial charge in [0.25, 0.3) is 0 Å². The van der Waals surface area contributed by atoms with E-state index in [9.17, 15) is 19.1 Å². The number of fused-ring (bicyclic) bond motifs is 1. The van der Waals surface area contributed by atoms with Crippen LogP contribution >= 0.6 is 38.1 Å². The van der Waals surface area contributed by atoms with Gasteiger partial charge in [-0.3, -0.25) is 18.1 Å². The molecule has 2 unspecified atom stereocenters. The zero-order valence-electron chi connectivity index (χ0n) is 25.9. The minimum absolute atomic E-state index is 0.114. The highest BCUT2D eigenvalue weighted by atomic mass is 32.7. The Morgan fingerprint density at radius 1 is 1.06 bits per heavy atom. The summed E-state index contributed by atoms with van der Waals surface area (Å²) in [5.74, 6) is 1.22. The maximum absolute atomic E-state index is 13.7. The number of nitrogens with one attached hydrogen (secondary N) is 2. The molecule has 8 atom stereocenters. The molecule has 7 rings (SSSR count). The fourth-order valence-electron chi connectivity index (χ4n) is 6.29. The van der Waals surface area contributed by atoms with Crippen LogP contribution in [0, 0.1) is 0 Å². The topological polar surface area (TPSA) is 245 Å². The molecule has 23 heteroatoms. The molecule has 0 bridgehead atoms. The van der Waals surface area contributed by atoms with E-state index in [-0.39, 0.29) is 12.8 Å². The lowest BCUT2D eigenvalue weighted by Gasteiger charge is -2.25. The molecule has 19 nitrogen and oxygen atoms in total. The predicted octanol–water partition coefficient (Wildman–Crippen LogP) is 2.42. The number of anilines is 2. The van der Waals surface area contributed by atoms with Gasteiger partial charge >= 0.3 is 13.6 Å². The normalized spacial score (nSPS) is 27.9. The number of thiol groups is 2. The SMILES string of the molecule is NCCNc1ncnc2c1ncn2[C@@H]1O[C@H](COP(=O)(O)S)[C@@H](O)[C@H]1OP(=O)(S)OC[C@@H]1CC[C@H](n2cc3c4c(ncnc42)NCCC3)O1. The van der Waals surface area contributed by atoms with Crippen LogP contribution in [0.5, 0.6) is 0 Å². The minimum Gasteiger partial charge on any atom is -0.387 e. The Bertz CT molecular complexity index is 1910. The molecular weight excluding hydrogens is 722 g/mol. The van der Waals surface area contributed by atoms with E-state index in [2.05, 4.69) is 66.2 Å². The number of imidazole rings is 1. The van der Waals surface area contributed by atoms with Gasteiger partial charge in [-0.2, -0.15) is 0 Å². The smallest absolute Gasteiger partial charge is 0.386 e. The summed E-state index contributed by atoms with van der Waals surface area (Å²) in [6, 6.07) is 0. The zero-order valence-corrected chi connectivity index (χ0v) is 29.5. The van der Waals surface area contributed by atoms with Gasteiger partial charge in [-0.1, -0.05) is 24.5 Å². The molecule has 7 heterocycles. The van der Waals surface area contributed by atoms with Gasteiger partial charge in [-0.25, -0.2) is 34.0 Å². The summed E-state index contributed by atoms with van der Waals surface area (Å²) in [5, 5.41) is 18.7. The van der Waals surface area contributed by atoms with Crippen LogP contribution in [0.4, 0.5) is 11.6 Å². The van der Waals surface area contributed by atoms with Gasteiger partial charge < -0.3 is 40.4 Å². The molecule has 6 N–H and O–H groups in total. The first-order valence-corrected chi connectivity index (χ1v) is 21.0. The van der Waals surface area contributed by atoms with Crippen molar-refractivity contribution in [3.05, 3.63) is 30.7 Å². The lowest BCUT2D eigenvalue weighted by molar-refractivity contribution is -0.0471. The lowest BCUT2D eigenvalue weighted by atomic mass is 10.1. The Hall–Kier alpha value is -2.39. The van der Waals surface area contributed by atoms with Crippen molar-refractivity contribution in [1.82, 2.24) is 34.1 Å². The molecule has 49 heavy (non-hydrogen) atoms. The number of nitrogens with two attached hydrogens (primary N) is 1. The van der Waals surface area contributed by atoms with Crippen molar-refractivity contribution in [2.75, 3.05) is 43.5 Å². The van der Waals surface area contributed by atoms with Crippen molar-refractivity contribution in [1.29, 1.82) is 0 Å². The summed E-state index contributed by atoms with van der Waals surface area (Å²) >= 11 is 7.74. The van der Waals surface area contributed by atoms with Crippen molar-refractivity contribution in [3.8, 4) is 0 Å². The van der Waals surface area contributed by atoms with E-state index in [1.807, 2.05) is 4.57 Å². The number of aliphatic hydroxyl groups is 1. The third-order valence-electron chi connectivity index (χ3n) is 8.47. The zero-order chi connectivity index (χ0) is 34.3. The minimum atomic E-state index is -4.22. The molecule has 2 saturated heterocycles. The van der Waals surface area contributed by atoms with Crippen molar-refractivity contribution in [2.45, 2.75) is 62.6 Å². The lowest BCUT2D eigenvalue weighted by Crippen LogP contribution is -2.35. The number of hydrogen-bond donors (Lipinski definition) is 7. The second-order valence-corrected chi connectivity index (χ2v) is 17.4. The number of aromatic nitrogens is 7. The molecule has 266 valence electrons. The van der Waals surface area contributed by atoms with Gasteiger partial charge in [0.2, 0.25) is 0 Å². The predicted molar refractivity (Wildman–Crippen MR) is 182 cm³/mol. The van der Waals surface area contributed by atoms with Crippen LogP contribution < -0.4 is 16.4 Å². The van der Waals surface area contributed by atoms with Gasteiger partial charge in [0, 0.05) is 25.8 Å². The highest BCUT2D eigenvalue weighted by molar-refractivity contribution is 8.44. The monoisotopic (exact) mass is 758 g/mol. The van der Waals surface area contributed by atoms with E-state index in [4.69, 9.17) is 28.8 Å². The van der Waals surface area contributed by atoms with E-state index in [0.29, 0.717) is 42.9 Å². The summed E-state index contributed by atoms with van der Waals surface area (Å²) in [7, 11) is 0. The van der Waals surface area contributed by atoms with E-state index >= 15 is 0 Å². The molecule has 0 aromatic carbocycles. The van der Waals surface area contributed by atoms with Crippen LogP contribution in [0.1, 0.15) is 37.3 Å². The molecule has 0 radical (unpaired) electrons. The van der Waals surface area contributed by atoms with Crippen molar-refractivity contribution in [3.63, 3.8) is 0 Å². The molecule has 3 aliphatic rings. The van der Waals surface area contributed by atoms with Gasteiger partial charge in [0.1, 0.15) is 48.7 Å². The van der Waals surface area contributed by atoms with Crippen molar-refractivity contribution >= 4 is 71.9 Å². The number of hydrogen-bond acceptors (Lipinski definition) is 16. The maximum atomic E-state index is 13.7. The average molecular weight is 759 g/mol. The first-order valence-electron chi connectivity index (χ1n) is 15.6. The quantitative estimate of drug-likeness (QED) is 0.0764. The molecule has 3 aliphatic heterocycles. The molecule has 0 aliphatic carbocycles. The maximum Gasteiger partial charge on any atom is 0.386 e. The molecule has 2 fully saturated rings. The first-order chi connectivity index (χ1) is 23.5. The number of aliphatic hydroxyl groups excluding tert-OH is 1. The Kier molecular flexibility index (Phi) is 10.2. The van der Waals surface area contributed by atoms with Crippen LogP contribution in [0.2, 0.25) is 0 Å². The van der Waals surface area contributed by atoms with Crippen molar-refractivity contribution < 1.29 is 42.2 Å². The van der Waals surface area contributed by atoms with E-state index in [0.717, 1.165) is 41.8 Å². The average Bonchev–Trinajstić information content (AvgIpc) is 3.83. The standard InChI is InChI=1S/C26H36N10O9P2S2/c27-5-7-29-23-19-25(33-12-31-23)36(13-34-19)26-21(20(37)16(44-26)10-41-46(38,39)48)45-47(40,49)42-9-15-3-4-17(43-15)35-8-14-2-1-6-28-22-18(14)24(35)32-11-30-22/h8,11-13,15-17,20-21,26,37H,1-7,9-10,27H2,(H,40,49)(H,28,30,32)(H,29,31,33)(H2,38,39,48)/t15-,16+,17+,20+,21+,26+,47?/m0/s1. The van der Waals surface area contributed by atoms with E-state index < -0.39 is 50.8 Å². The largest absolute Gasteiger partial charge is 0.387 e. The number of aryl methyl sites for hydroxylation is 1. The number of ether oxygens (including phenoxy) is 2. The third-order valence-corrected chi connectivity index (χ3v) is 10.9. The summed E-state index contributed by atoms with van der Waals surface area (Å²) in [6.45, 7) is -7.44. The van der Waals surface area contributed by atoms with Gasteiger partial charge in [0.05, 0.1) is 31.0 Å². The Morgan fingerprint density at radius 3 is 2.69 bits per heavy atom. The fraction of sp³-hybridized carbons (Fsp3) is 0.577. The van der Waals surface area contributed by atoms with Crippen LogP contribution in [0.15, 0.2) is 25.2 Å².